The molecule has 1 aliphatic heterocycles. The van der Waals surface area contributed by atoms with Crippen molar-refractivity contribution in [3.8, 4) is 0 Å². The Hall–Kier alpha value is -0.640. The van der Waals surface area contributed by atoms with Gasteiger partial charge in [-0.05, 0) is 45.4 Å². The maximum absolute atomic E-state index is 6.01. The second-order valence-electron chi connectivity index (χ2n) is 5.28. The maximum atomic E-state index is 6.01. The van der Waals surface area contributed by atoms with E-state index in [1.165, 1.54) is 12.8 Å². The number of rotatable bonds is 5. The third kappa shape index (κ3) is 3.94. The molecule has 18 heavy (non-hydrogen) atoms. The van der Waals surface area contributed by atoms with Crippen LogP contribution < -0.4 is 5.32 Å². The molecule has 0 amide bonds. The van der Waals surface area contributed by atoms with E-state index in [4.69, 9.17) is 11.6 Å². The molecule has 100 valence electrons. The summed E-state index contributed by atoms with van der Waals surface area (Å²) >= 11 is 6.01. The van der Waals surface area contributed by atoms with Crippen molar-refractivity contribution in [3.05, 3.63) is 29.0 Å². The molecule has 1 atom stereocenters. The average Bonchev–Trinajstić information content (AvgIpc) is 2.81. The summed E-state index contributed by atoms with van der Waals surface area (Å²) in [7, 11) is 0. The second-order valence-corrected chi connectivity index (χ2v) is 5.72. The van der Waals surface area contributed by atoms with E-state index >= 15 is 0 Å². The van der Waals surface area contributed by atoms with Crippen LogP contribution in [0.4, 0.5) is 0 Å². The van der Waals surface area contributed by atoms with Gasteiger partial charge in [-0.2, -0.15) is 0 Å². The first-order valence-electron chi connectivity index (χ1n) is 6.73. The average molecular weight is 268 g/mol. The van der Waals surface area contributed by atoms with Crippen LogP contribution in [0.15, 0.2) is 18.3 Å². The van der Waals surface area contributed by atoms with E-state index in [0.29, 0.717) is 12.1 Å². The topological polar surface area (TPSA) is 28.2 Å². The van der Waals surface area contributed by atoms with Crippen LogP contribution in [0.2, 0.25) is 5.02 Å². The van der Waals surface area contributed by atoms with Crippen LogP contribution in [-0.4, -0.2) is 35.1 Å². The number of halogens is 1. The van der Waals surface area contributed by atoms with E-state index < -0.39 is 0 Å². The number of pyridine rings is 1. The molecular weight excluding hydrogens is 246 g/mol. The minimum atomic E-state index is 0.521. The van der Waals surface area contributed by atoms with Crippen molar-refractivity contribution in [3.63, 3.8) is 0 Å². The lowest BCUT2D eigenvalue weighted by Crippen LogP contribution is -2.40. The highest BCUT2D eigenvalue weighted by atomic mass is 35.5. The van der Waals surface area contributed by atoms with Crippen molar-refractivity contribution < 1.29 is 0 Å². The lowest BCUT2D eigenvalue weighted by atomic mass is 10.2. The fourth-order valence-electron chi connectivity index (χ4n) is 2.40. The van der Waals surface area contributed by atoms with Gasteiger partial charge in [-0.3, -0.25) is 9.88 Å². The van der Waals surface area contributed by atoms with Crippen molar-refractivity contribution in [2.24, 2.45) is 0 Å². The van der Waals surface area contributed by atoms with Crippen molar-refractivity contribution in [1.29, 1.82) is 0 Å². The molecule has 1 unspecified atom stereocenters. The molecule has 0 saturated carbocycles. The van der Waals surface area contributed by atoms with Crippen LogP contribution >= 0.6 is 11.6 Å². The lowest BCUT2D eigenvalue weighted by Gasteiger charge is -2.29. The zero-order chi connectivity index (χ0) is 13.0. The highest BCUT2D eigenvalue weighted by molar-refractivity contribution is 6.30. The van der Waals surface area contributed by atoms with Gasteiger partial charge in [-0.15, -0.1) is 0 Å². The van der Waals surface area contributed by atoms with Gasteiger partial charge in [0, 0.05) is 36.4 Å². The SMILES string of the molecule is CC(C)N(Cc1cc(Cl)ccn1)CC1CCCN1. The van der Waals surface area contributed by atoms with Crippen molar-refractivity contribution in [1.82, 2.24) is 15.2 Å². The number of hydrogen-bond donors (Lipinski definition) is 1. The largest absolute Gasteiger partial charge is 0.313 e. The highest BCUT2D eigenvalue weighted by Crippen LogP contribution is 2.14. The van der Waals surface area contributed by atoms with Crippen LogP contribution in [0.5, 0.6) is 0 Å². The Morgan fingerprint density at radius 1 is 1.56 bits per heavy atom. The molecule has 1 saturated heterocycles. The number of nitrogens with one attached hydrogen (secondary N) is 1. The molecule has 2 rings (SSSR count). The molecule has 0 spiro atoms. The predicted molar refractivity (Wildman–Crippen MR) is 75.8 cm³/mol. The zero-order valence-electron chi connectivity index (χ0n) is 11.2. The van der Waals surface area contributed by atoms with Gasteiger partial charge in [0.25, 0.3) is 0 Å². The smallest absolute Gasteiger partial charge is 0.0558 e. The summed E-state index contributed by atoms with van der Waals surface area (Å²) in [4.78, 5) is 6.85. The van der Waals surface area contributed by atoms with E-state index in [1.54, 1.807) is 6.20 Å². The Morgan fingerprint density at radius 2 is 2.39 bits per heavy atom. The Bertz CT molecular complexity index is 375. The fraction of sp³-hybridized carbons (Fsp3) is 0.643. The third-order valence-corrected chi connectivity index (χ3v) is 3.73. The Kier molecular flexibility index (Phi) is 4.98. The standard InChI is InChI=1S/C14H22ClN3/c1-11(2)18(9-13-4-3-6-16-13)10-14-8-12(15)5-7-17-14/h5,7-8,11,13,16H,3-4,6,9-10H2,1-2H3. The fourth-order valence-corrected chi connectivity index (χ4v) is 2.58. The summed E-state index contributed by atoms with van der Waals surface area (Å²) in [5.41, 5.74) is 1.05. The molecule has 0 aliphatic carbocycles. The molecule has 3 nitrogen and oxygen atoms in total. The van der Waals surface area contributed by atoms with Crippen LogP contribution in [0, 0.1) is 0 Å². The molecule has 1 fully saturated rings. The Balaban J connectivity index is 1.97. The van der Waals surface area contributed by atoms with E-state index in [1.807, 2.05) is 12.1 Å². The van der Waals surface area contributed by atoms with Crippen LogP contribution in [0.1, 0.15) is 32.4 Å². The van der Waals surface area contributed by atoms with Gasteiger partial charge >= 0.3 is 0 Å². The first kappa shape index (κ1) is 13.8. The monoisotopic (exact) mass is 267 g/mol. The lowest BCUT2D eigenvalue weighted by molar-refractivity contribution is 0.192. The molecule has 1 N–H and O–H groups in total. The molecule has 0 bridgehead atoms. The number of hydrogen-bond acceptors (Lipinski definition) is 3. The van der Waals surface area contributed by atoms with E-state index in [-0.39, 0.29) is 0 Å². The summed E-state index contributed by atoms with van der Waals surface area (Å²) in [5, 5.41) is 4.32. The van der Waals surface area contributed by atoms with Crippen molar-refractivity contribution >= 4 is 11.6 Å². The molecule has 1 aromatic rings. The molecule has 1 aliphatic rings. The van der Waals surface area contributed by atoms with Crippen LogP contribution in [0.25, 0.3) is 0 Å². The number of aromatic nitrogens is 1. The normalized spacial score (nSPS) is 19.9. The summed E-state index contributed by atoms with van der Waals surface area (Å²) in [6, 6.07) is 4.93. The molecule has 4 heteroatoms. The van der Waals surface area contributed by atoms with Gasteiger partial charge in [0.2, 0.25) is 0 Å². The molecule has 1 aromatic heterocycles. The molecular formula is C14H22ClN3. The van der Waals surface area contributed by atoms with Gasteiger partial charge in [-0.1, -0.05) is 11.6 Å². The molecule has 0 aromatic carbocycles. The Labute approximate surface area is 115 Å². The second kappa shape index (κ2) is 6.50. The van der Waals surface area contributed by atoms with E-state index in [0.717, 1.165) is 30.4 Å². The zero-order valence-corrected chi connectivity index (χ0v) is 12.0. The summed E-state index contributed by atoms with van der Waals surface area (Å²) < 4.78 is 0. The molecule has 2 heterocycles. The molecule has 0 radical (unpaired) electrons. The van der Waals surface area contributed by atoms with Gasteiger partial charge < -0.3 is 5.32 Å². The van der Waals surface area contributed by atoms with Crippen molar-refractivity contribution in [2.75, 3.05) is 13.1 Å². The first-order chi connectivity index (χ1) is 8.65. The minimum absolute atomic E-state index is 0.521. The van der Waals surface area contributed by atoms with Gasteiger partial charge in [-0.25, -0.2) is 0 Å². The van der Waals surface area contributed by atoms with E-state index in [9.17, 15) is 0 Å². The maximum Gasteiger partial charge on any atom is 0.0558 e. The predicted octanol–water partition coefficient (Wildman–Crippen LogP) is 2.70. The Morgan fingerprint density at radius 3 is 3.00 bits per heavy atom. The summed E-state index contributed by atoms with van der Waals surface area (Å²) in [6.45, 7) is 7.59. The van der Waals surface area contributed by atoms with Gasteiger partial charge in [0.05, 0.1) is 5.69 Å². The summed E-state index contributed by atoms with van der Waals surface area (Å²) in [5.74, 6) is 0. The quantitative estimate of drug-likeness (QED) is 0.889. The van der Waals surface area contributed by atoms with Crippen LogP contribution in [-0.2, 0) is 6.54 Å². The van der Waals surface area contributed by atoms with Crippen LogP contribution in [0.3, 0.4) is 0 Å². The number of nitrogens with zero attached hydrogens (tertiary/aromatic N) is 2. The van der Waals surface area contributed by atoms with E-state index in [2.05, 4.69) is 29.0 Å². The van der Waals surface area contributed by atoms with Crippen molar-refractivity contribution in [2.45, 2.75) is 45.3 Å². The third-order valence-electron chi connectivity index (χ3n) is 3.49. The first-order valence-corrected chi connectivity index (χ1v) is 7.11. The summed E-state index contributed by atoms with van der Waals surface area (Å²) in [6.07, 6.45) is 4.36. The van der Waals surface area contributed by atoms with Gasteiger partial charge in [0.15, 0.2) is 0 Å². The minimum Gasteiger partial charge on any atom is -0.313 e. The highest BCUT2D eigenvalue weighted by Gasteiger charge is 2.20. The van der Waals surface area contributed by atoms with Gasteiger partial charge in [0.1, 0.15) is 0 Å².